The highest BCUT2D eigenvalue weighted by molar-refractivity contribution is 7.14. The van der Waals surface area contributed by atoms with E-state index in [-0.39, 0.29) is 27.9 Å². The second-order valence-electron chi connectivity index (χ2n) is 5.26. The van der Waals surface area contributed by atoms with Crippen LogP contribution in [0.1, 0.15) is 27.6 Å². The Labute approximate surface area is 156 Å². The van der Waals surface area contributed by atoms with Gasteiger partial charge in [-0.15, -0.1) is 11.3 Å². The molecule has 8 nitrogen and oxygen atoms in total. The van der Waals surface area contributed by atoms with Crippen LogP contribution < -0.4 is 20.5 Å². The molecule has 26 heavy (non-hydrogen) atoms. The van der Waals surface area contributed by atoms with E-state index in [1.807, 2.05) is 0 Å². The van der Waals surface area contributed by atoms with Crippen LogP contribution in [0.5, 0.6) is 11.5 Å². The van der Waals surface area contributed by atoms with Crippen LogP contribution in [-0.4, -0.2) is 30.7 Å². The number of ether oxygens (including phenoxy) is 3. The second kappa shape index (κ2) is 7.22. The zero-order valence-electron chi connectivity index (χ0n) is 13.4. The largest absolute Gasteiger partial charge is 0.454 e. The van der Waals surface area contributed by atoms with Crippen molar-refractivity contribution in [3.63, 3.8) is 0 Å². The van der Waals surface area contributed by atoms with E-state index in [1.165, 1.54) is 25.1 Å². The van der Waals surface area contributed by atoms with Crippen molar-refractivity contribution in [2.45, 2.75) is 13.0 Å². The maximum absolute atomic E-state index is 12.3. The number of primary amides is 1. The van der Waals surface area contributed by atoms with Crippen molar-refractivity contribution in [1.29, 1.82) is 0 Å². The number of hydrogen-bond donors (Lipinski definition) is 2. The highest BCUT2D eigenvalue weighted by atomic mass is 35.5. The average Bonchev–Trinajstić information content (AvgIpc) is 3.23. The second-order valence-corrected chi connectivity index (χ2v) is 6.58. The Morgan fingerprint density at radius 3 is 2.85 bits per heavy atom. The predicted molar refractivity (Wildman–Crippen MR) is 93.9 cm³/mol. The maximum atomic E-state index is 12.3. The van der Waals surface area contributed by atoms with Gasteiger partial charge in [0.1, 0.15) is 5.00 Å². The molecule has 0 bridgehead atoms. The summed E-state index contributed by atoms with van der Waals surface area (Å²) in [5.41, 5.74) is 5.53. The lowest BCUT2D eigenvalue weighted by Gasteiger charge is -2.13. The van der Waals surface area contributed by atoms with Crippen molar-refractivity contribution in [3.8, 4) is 11.5 Å². The summed E-state index contributed by atoms with van der Waals surface area (Å²) in [7, 11) is 0. The lowest BCUT2D eigenvalue weighted by Crippen LogP contribution is -2.30. The van der Waals surface area contributed by atoms with Crippen molar-refractivity contribution in [2.75, 3.05) is 12.1 Å². The number of rotatable bonds is 5. The Balaban J connectivity index is 1.67. The van der Waals surface area contributed by atoms with E-state index in [1.54, 1.807) is 5.38 Å². The minimum atomic E-state index is -1.12. The molecule has 2 amide bonds. The Kier molecular flexibility index (Phi) is 5.01. The molecule has 1 atom stereocenters. The summed E-state index contributed by atoms with van der Waals surface area (Å²) >= 11 is 7.16. The Bertz CT molecular complexity index is 897. The summed E-state index contributed by atoms with van der Waals surface area (Å²) in [5.74, 6) is -1.34. The van der Waals surface area contributed by atoms with Crippen molar-refractivity contribution >= 4 is 45.7 Å². The first-order valence-electron chi connectivity index (χ1n) is 7.35. The van der Waals surface area contributed by atoms with Crippen molar-refractivity contribution in [1.82, 2.24) is 0 Å². The van der Waals surface area contributed by atoms with Crippen LogP contribution in [0, 0.1) is 0 Å². The number of carbonyl (C=O) groups is 3. The van der Waals surface area contributed by atoms with E-state index in [9.17, 15) is 14.4 Å². The predicted octanol–water partition coefficient (Wildman–Crippen LogP) is 2.41. The normalized spacial score (nSPS) is 13.2. The number of thiophene rings is 1. The fraction of sp³-hybridized carbons (Fsp3) is 0.188. The maximum Gasteiger partial charge on any atom is 0.339 e. The van der Waals surface area contributed by atoms with Gasteiger partial charge in [-0.3, -0.25) is 9.59 Å². The molecule has 1 aliphatic heterocycles. The molecule has 0 spiro atoms. The molecule has 2 heterocycles. The number of esters is 1. The average molecular weight is 397 g/mol. The van der Waals surface area contributed by atoms with E-state index in [0.717, 1.165) is 11.3 Å². The standard InChI is InChI=1S/C16H13ClN2O6S/c1-7(14(21)19-15-9(13(18)20)2-3-26-15)25-16(22)8-4-10(17)12-11(5-8)23-6-24-12/h2-5,7H,6H2,1H3,(H2,18,20)(H,19,21)/t7-/m1/s1. The number of halogens is 1. The molecule has 2 aromatic rings. The van der Waals surface area contributed by atoms with Gasteiger partial charge in [-0.2, -0.15) is 0 Å². The molecular weight excluding hydrogens is 384 g/mol. The number of nitrogens with one attached hydrogen (secondary N) is 1. The molecule has 0 saturated heterocycles. The van der Waals surface area contributed by atoms with E-state index >= 15 is 0 Å². The Morgan fingerprint density at radius 2 is 2.12 bits per heavy atom. The fourth-order valence-electron chi connectivity index (χ4n) is 2.18. The zero-order valence-corrected chi connectivity index (χ0v) is 15.0. The monoisotopic (exact) mass is 396 g/mol. The van der Waals surface area contributed by atoms with Crippen LogP contribution in [0.2, 0.25) is 5.02 Å². The first kappa shape index (κ1) is 18.0. The quantitative estimate of drug-likeness (QED) is 0.749. The van der Waals surface area contributed by atoms with Gasteiger partial charge in [-0.05, 0) is 30.5 Å². The lowest BCUT2D eigenvalue weighted by atomic mass is 10.2. The molecule has 1 aromatic carbocycles. The third kappa shape index (κ3) is 3.58. The van der Waals surface area contributed by atoms with Gasteiger partial charge in [0.25, 0.3) is 11.8 Å². The minimum absolute atomic E-state index is 0.00930. The van der Waals surface area contributed by atoms with Gasteiger partial charge in [-0.1, -0.05) is 11.6 Å². The summed E-state index contributed by atoms with van der Waals surface area (Å²) in [4.78, 5) is 35.7. The number of anilines is 1. The molecule has 0 unspecified atom stereocenters. The summed E-state index contributed by atoms with van der Waals surface area (Å²) in [6.07, 6.45) is -1.12. The van der Waals surface area contributed by atoms with Gasteiger partial charge in [0.2, 0.25) is 6.79 Å². The number of amides is 2. The third-order valence-electron chi connectivity index (χ3n) is 3.48. The molecule has 0 saturated carbocycles. The highest BCUT2D eigenvalue weighted by Gasteiger charge is 2.25. The van der Waals surface area contributed by atoms with Gasteiger partial charge in [-0.25, -0.2) is 4.79 Å². The molecule has 1 aromatic heterocycles. The van der Waals surface area contributed by atoms with E-state index in [2.05, 4.69) is 5.32 Å². The van der Waals surface area contributed by atoms with Gasteiger partial charge in [0.15, 0.2) is 17.6 Å². The molecule has 0 aliphatic carbocycles. The summed E-state index contributed by atoms with van der Waals surface area (Å²) in [5, 5.41) is 4.62. The van der Waals surface area contributed by atoms with Crippen LogP contribution in [-0.2, 0) is 9.53 Å². The molecular formula is C16H13ClN2O6S. The van der Waals surface area contributed by atoms with Crippen LogP contribution >= 0.6 is 22.9 Å². The minimum Gasteiger partial charge on any atom is -0.454 e. The number of nitrogens with two attached hydrogens (primary N) is 1. The Hall–Kier alpha value is -2.78. The van der Waals surface area contributed by atoms with Crippen LogP contribution in [0.3, 0.4) is 0 Å². The molecule has 3 N–H and O–H groups in total. The fourth-order valence-corrected chi connectivity index (χ4v) is 3.24. The topological polar surface area (TPSA) is 117 Å². The molecule has 1 aliphatic rings. The van der Waals surface area contributed by atoms with Crippen molar-refractivity contribution in [3.05, 3.63) is 39.7 Å². The van der Waals surface area contributed by atoms with E-state index < -0.39 is 23.9 Å². The van der Waals surface area contributed by atoms with E-state index in [4.69, 9.17) is 31.5 Å². The summed E-state index contributed by atoms with van der Waals surface area (Å²) < 4.78 is 15.5. The SMILES string of the molecule is C[C@@H](OC(=O)c1cc(Cl)c2c(c1)OCO2)C(=O)Nc1sccc1C(N)=O. The zero-order chi connectivity index (χ0) is 18.8. The van der Waals surface area contributed by atoms with Crippen LogP contribution in [0.25, 0.3) is 0 Å². The first-order chi connectivity index (χ1) is 12.4. The molecule has 0 fully saturated rings. The van der Waals surface area contributed by atoms with E-state index in [0.29, 0.717) is 11.5 Å². The third-order valence-corrected chi connectivity index (χ3v) is 4.59. The first-order valence-corrected chi connectivity index (χ1v) is 8.61. The smallest absolute Gasteiger partial charge is 0.339 e. The summed E-state index contributed by atoms with van der Waals surface area (Å²) in [6.45, 7) is 1.41. The van der Waals surface area contributed by atoms with Gasteiger partial charge in [0, 0.05) is 0 Å². The summed E-state index contributed by atoms with van der Waals surface area (Å²) in [6, 6.07) is 4.28. The molecule has 3 rings (SSSR count). The molecule has 0 radical (unpaired) electrons. The van der Waals surface area contributed by atoms with Crippen molar-refractivity contribution < 1.29 is 28.6 Å². The highest BCUT2D eigenvalue weighted by Crippen LogP contribution is 2.40. The molecule has 136 valence electrons. The number of carbonyl (C=O) groups excluding carboxylic acids is 3. The molecule has 10 heteroatoms. The van der Waals surface area contributed by atoms with Gasteiger partial charge >= 0.3 is 5.97 Å². The number of fused-ring (bicyclic) bond motifs is 1. The number of benzene rings is 1. The lowest BCUT2D eigenvalue weighted by molar-refractivity contribution is -0.123. The van der Waals surface area contributed by atoms with Gasteiger partial charge in [0.05, 0.1) is 16.1 Å². The van der Waals surface area contributed by atoms with Gasteiger partial charge < -0.3 is 25.3 Å². The van der Waals surface area contributed by atoms with Crippen LogP contribution in [0.15, 0.2) is 23.6 Å². The van der Waals surface area contributed by atoms with Crippen LogP contribution in [0.4, 0.5) is 5.00 Å². The number of hydrogen-bond acceptors (Lipinski definition) is 7. The van der Waals surface area contributed by atoms with Crippen molar-refractivity contribution in [2.24, 2.45) is 5.73 Å². The Morgan fingerprint density at radius 1 is 1.35 bits per heavy atom.